The van der Waals surface area contributed by atoms with Crippen LogP contribution in [0.5, 0.6) is 5.75 Å². The fourth-order valence-corrected chi connectivity index (χ4v) is 2.15. The van der Waals surface area contributed by atoms with Gasteiger partial charge in [-0.2, -0.15) is 0 Å². The zero-order valence-corrected chi connectivity index (χ0v) is 13.2. The lowest BCUT2D eigenvalue weighted by Crippen LogP contribution is -2.23. The van der Waals surface area contributed by atoms with Crippen LogP contribution in [0.15, 0.2) is 51.5 Å². The minimum absolute atomic E-state index is 0.104. The molecule has 124 valence electrons. The molecule has 3 rings (SSSR count). The molecule has 0 aliphatic heterocycles. The zero-order valence-electron chi connectivity index (χ0n) is 13.2. The standard InChI is InChI=1S/C17H17N3O4/c1-22-14-5-2-4-12(10-14)17-20-19-16(24-17)11-18-15(21)8-7-13-6-3-9-23-13/h2-6,9-10H,7-8,11H2,1H3,(H,18,21). The smallest absolute Gasteiger partial charge is 0.247 e. The van der Waals surface area contributed by atoms with Crippen LogP contribution in [0.1, 0.15) is 18.1 Å². The van der Waals surface area contributed by atoms with Crippen molar-refractivity contribution >= 4 is 5.91 Å². The molecule has 0 radical (unpaired) electrons. The van der Waals surface area contributed by atoms with E-state index in [4.69, 9.17) is 13.6 Å². The first-order valence-corrected chi connectivity index (χ1v) is 7.50. The van der Waals surface area contributed by atoms with Gasteiger partial charge < -0.3 is 18.9 Å². The van der Waals surface area contributed by atoms with Gasteiger partial charge in [0.2, 0.25) is 17.7 Å². The number of ether oxygens (including phenoxy) is 1. The highest BCUT2D eigenvalue weighted by Crippen LogP contribution is 2.22. The Morgan fingerprint density at radius 1 is 1.25 bits per heavy atom. The highest BCUT2D eigenvalue weighted by molar-refractivity contribution is 5.75. The third-order valence-electron chi connectivity index (χ3n) is 3.40. The molecule has 0 saturated heterocycles. The van der Waals surface area contributed by atoms with Gasteiger partial charge in [-0.3, -0.25) is 4.79 Å². The number of nitrogens with one attached hydrogen (secondary N) is 1. The first kappa shape index (κ1) is 15.8. The summed E-state index contributed by atoms with van der Waals surface area (Å²) >= 11 is 0. The first-order valence-electron chi connectivity index (χ1n) is 7.50. The van der Waals surface area contributed by atoms with Gasteiger partial charge in [-0.25, -0.2) is 0 Å². The molecule has 24 heavy (non-hydrogen) atoms. The van der Waals surface area contributed by atoms with E-state index in [2.05, 4.69) is 15.5 Å². The number of rotatable bonds is 7. The second kappa shape index (κ2) is 7.45. The number of methoxy groups -OCH3 is 1. The summed E-state index contributed by atoms with van der Waals surface area (Å²) in [5.41, 5.74) is 0.761. The molecule has 0 spiro atoms. The molecule has 0 aliphatic rings. The molecule has 0 saturated carbocycles. The van der Waals surface area contributed by atoms with Gasteiger partial charge in [0.15, 0.2) is 0 Å². The van der Waals surface area contributed by atoms with Crippen LogP contribution < -0.4 is 10.1 Å². The van der Waals surface area contributed by atoms with E-state index in [1.807, 2.05) is 24.3 Å². The molecule has 1 aromatic carbocycles. The van der Waals surface area contributed by atoms with Gasteiger partial charge in [0.05, 0.1) is 19.9 Å². The van der Waals surface area contributed by atoms with E-state index < -0.39 is 0 Å². The lowest BCUT2D eigenvalue weighted by atomic mass is 10.2. The zero-order chi connectivity index (χ0) is 16.8. The molecule has 1 amide bonds. The average Bonchev–Trinajstić information content (AvgIpc) is 3.30. The summed E-state index contributed by atoms with van der Waals surface area (Å²) in [6.45, 7) is 0.188. The van der Waals surface area contributed by atoms with Crippen molar-refractivity contribution in [2.24, 2.45) is 0 Å². The summed E-state index contributed by atoms with van der Waals surface area (Å²) in [6.07, 6.45) is 2.48. The van der Waals surface area contributed by atoms with E-state index in [1.54, 1.807) is 25.5 Å². The third-order valence-corrected chi connectivity index (χ3v) is 3.40. The van der Waals surface area contributed by atoms with Crippen LogP contribution in [-0.4, -0.2) is 23.2 Å². The molecule has 0 fully saturated rings. The van der Waals surface area contributed by atoms with Crippen molar-refractivity contribution in [3.8, 4) is 17.2 Å². The summed E-state index contributed by atoms with van der Waals surface area (Å²) in [4.78, 5) is 11.8. The molecule has 0 atom stereocenters. The lowest BCUT2D eigenvalue weighted by molar-refractivity contribution is -0.121. The lowest BCUT2D eigenvalue weighted by Gasteiger charge is -2.01. The summed E-state index contributed by atoms with van der Waals surface area (Å²) in [5.74, 6) is 2.11. The Morgan fingerprint density at radius 2 is 2.17 bits per heavy atom. The normalized spacial score (nSPS) is 10.5. The maximum atomic E-state index is 11.8. The number of amides is 1. The Bertz CT molecular complexity index is 796. The number of hydrogen-bond donors (Lipinski definition) is 1. The maximum Gasteiger partial charge on any atom is 0.247 e. The van der Waals surface area contributed by atoms with Crippen molar-refractivity contribution < 1.29 is 18.4 Å². The second-order valence-corrected chi connectivity index (χ2v) is 5.09. The Labute approximate surface area is 138 Å². The van der Waals surface area contributed by atoms with Gasteiger partial charge in [0.1, 0.15) is 11.5 Å². The summed E-state index contributed by atoms with van der Waals surface area (Å²) < 4.78 is 15.9. The molecule has 1 N–H and O–H groups in total. The van der Waals surface area contributed by atoms with Gasteiger partial charge in [0.25, 0.3) is 0 Å². The monoisotopic (exact) mass is 327 g/mol. The molecular weight excluding hydrogens is 310 g/mol. The van der Waals surface area contributed by atoms with Crippen LogP contribution in [0.25, 0.3) is 11.5 Å². The molecule has 0 unspecified atom stereocenters. The number of benzene rings is 1. The van der Waals surface area contributed by atoms with E-state index in [0.29, 0.717) is 30.4 Å². The third kappa shape index (κ3) is 4.01. The SMILES string of the molecule is COc1cccc(-c2nnc(CNC(=O)CCc3ccco3)o2)c1. The molecule has 3 aromatic rings. The topological polar surface area (TPSA) is 90.4 Å². The molecule has 0 bridgehead atoms. The summed E-state index contributed by atoms with van der Waals surface area (Å²) in [6, 6.07) is 11.0. The average molecular weight is 327 g/mol. The van der Waals surface area contributed by atoms with Crippen LogP contribution in [0, 0.1) is 0 Å². The van der Waals surface area contributed by atoms with Gasteiger partial charge in [-0.05, 0) is 30.3 Å². The highest BCUT2D eigenvalue weighted by Gasteiger charge is 2.11. The van der Waals surface area contributed by atoms with Crippen molar-refractivity contribution in [1.29, 1.82) is 0 Å². The fraction of sp³-hybridized carbons (Fsp3) is 0.235. The highest BCUT2D eigenvalue weighted by atomic mass is 16.5. The van der Waals surface area contributed by atoms with Crippen LogP contribution in [0.2, 0.25) is 0 Å². The van der Waals surface area contributed by atoms with E-state index in [-0.39, 0.29) is 12.5 Å². The van der Waals surface area contributed by atoms with Gasteiger partial charge in [-0.1, -0.05) is 6.07 Å². The predicted octanol–water partition coefficient (Wildman–Crippen LogP) is 2.59. The summed E-state index contributed by atoms with van der Waals surface area (Å²) in [7, 11) is 1.59. The Morgan fingerprint density at radius 3 is 2.96 bits per heavy atom. The number of nitrogens with zero attached hydrogens (tertiary/aromatic N) is 2. The van der Waals surface area contributed by atoms with Crippen molar-refractivity contribution in [3.63, 3.8) is 0 Å². The van der Waals surface area contributed by atoms with Gasteiger partial charge >= 0.3 is 0 Å². The van der Waals surface area contributed by atoms with Crippen LogP contribution in [0.4, 0.5) is 0 Å². The molecule has 2 aromatic heterocycles. The van der Waals surface area contributed by atoms with E-state index in [1.165, 1.54) is 0 Å². The van der Waals surface area contributed by atoms with Crippen molar-refractivity contribution in [1.82, 2.24) is 15.5 Å². The Balaban J connectivity index is 1.53. The number of aryl methyl sites for hydroxylation is 1. The Kier molecular flexibility index (Phi) is 4.90. The largest absolute Gasteiger partial charge is 0.497 e. The van der Waals surface area contributed by atoms with Crippen molar-refractivity contribution in [2.75, 3.05) is 7.11 Å². The van der Waals surface area contributed by atoms with Crippen LogP contribution >= 0.6 is 0 Å². The van der Waals surface area contributed by atoms with Crippen molar-refractivity contribution in [3.05, 3.63) is 54.3 Å². The van der Waals surface area contributed by atoms with E-state index in [9.17, 15) is 4.79 Å². The minimum Gasteiger partial charge on any atom is -0.497 e. The Hall–Kier alpha value is -3.09. The van der Waals surface area contributed by atoms with E-state index >= 15 is 0 Å². The second-order valence-electron chi connectivity index (χ2n) is 5.09. The molecule has 2 heterocycles. The van der Waals surface area contributed by atoms with E-state index in [0.717, 1.165) is 11.3 Å². The molecular formula is C17H17N3O4. The minimum atomic E-state index is -0.104. The van der Waals surface area contributed by atoms with Crippen LogP contribution in [-0.2, 0) is 17.8 Å². The number of furan rings is 1. The first-order chi connectivity index (χ1) is 11.7. The number of carbonyl (C=O) groups is 1. The van der Waals surface area contributed by atoms with Crippen LogP contribution in [0.3, 0.4) is 0 Å². The molecule has 7 heteroatoms. The molecule has 0 aliphatic carbocycles. The number of carbonyl (C=O) groups excluding carboxylic acids is 1. The van der Waals surface area contributed by atoms with Gasteiger partial charge in [0, 0.05) is 18.4 Å². The fourth-order valence-electron chi connectivity index (χ4n) is 2.15. The van der Waals surface area contributed by atoms with Gasteiger partial charge in [-0.15, -0.1) is 10.2 Å². The quantitative estimate of drug-likeness (QED) is 0.717. The number of aromatic nitrogens is 2. The predicted molar refractivity (Wildman–Crippen MR) is 85.2 cm³/mol. The van der Waals surface area contributed by atoms with Crippen molar-refractivity contribution in [2.45, 2.75) is 19.4 Å². The summed E-state index contributed by atoms with van der Waals surface area (Å²) in [5, 5.41) is 10.7. The molecule has 7 nitrogen and oxygen atoms in total. The number of hydrogen-bond acceptors (Lipinski definition) is 6. The maximum absolute atomic E-state index is 11.8.